The molecular formula is C12H12O2S. The third-order valence-electron chi connectivity index (χ3n) is 1.77. The van der Waals surface area contributed by atoms with E-state index in [9.17, 15) is 4.79 Å². The van der Waals surface area contributed by atoms with Crippen LogP contribution in [0.1, 0.15) is 11.1 Å². The Morgan fingerprint density at radius 3 is 2.20 bits per heavy atom. The zero-order valence-corrected chi connectivity index (χ0v) is 9.02. The van der Waals surface area contributed by atoms with Crippen LogP contribution in [0.5, 0.6) is 0 Å². The van der Waals surface area contributed by atoms with Gasteiger partial charge in [-0.15, -0.1) is 0 Å². The lowest BCUT2D eigenvalue weighted by atomic mass is 10.1. The second-order valence-corrected chi connectivity index (χ2v) is 3.29. The van der Waals surface area contributed by atoms with Gasteiger partial charge in [-0.05, 0) is 17.2 Å². The molecule has 0 aliphatic carbocycles. The third kappa shape index (κ3) is 4.51. The molecule has 1 aromatic carbocycles. The Hall–Kier alpha value is -1.48. The van der Waals surface area contributed by atoms with Gasteiger partial charge in [0.1, 0.15) is 0 Å². The third-order valence-corrected chi connectivity index (χ3v) is 1.98. The SMILES string of the molecule is O=C(O)/C=C/c1ccc(C=CCS)cc1. The van der Waals surface area contributed by atoms with Crippen molar-refractivity contribution in [3.05, 3.63) is 47.5 Å². The molecule has 0 aromatic heterocycles. The molecule has 0 saturated carbocycles. The van der Waals surface area contributed by atoms with Crippen LogP contribution < -0.4 is 0 Å². The van der Waals surface area contributed by atoms with Crippen LogP contribution in [0, 0.1) is 0 Å². The van der Waals surface area contributed by atoms with Gasteiger partial charge in [0, 0.05) is 11.8 Å². The number of benzene rings is 1. The van der Waals surface area contributed by atoms with Crippen LogP contribution in [0.2, 0.25) is 0 Å². The maximum absolute atomic E-state index is 10.3. The van der Waals surface area contributed by atoms with Gasteiger partial charge in [-0.1, -0.05) is 36.4 Å². The summed E-state index contributed by atoms with van der Waals surface area (Å²) in [5.41, 5.74) is 1.96. The molecule has 3 heteroatoms. The van der Waals surface area contributed by atoms with Gasteiger partial charge in [0.2, 0.25) is 0 Å². The molecule has 0 aliphatic rings. The van der Waals surface area contributed by atoms with Gasteiger partial charge in [-0.2, -0.15) is 12.6 Å². The second-order valence-electron chi connectivity index (χ2n) is 2.92. The van der Waals surface area contributed by atoms with Gasteiger partial charge >= 0.3 is 5.97 Å². The standard InChI is InChI=1S/C12H12O2S/c13-12(14)8-7-11-5-3-10(4-6-11)2-1-9-15/h1-8,15H,9H2,(H,13,14)/b2-1?,8-7+. The maximum atomic E-state index is 10.3. The Kier molecular flexibility index (Phi) is 4.71. The first-order valence-electron chi connectivity index (χ1n) is 4.51. The number of aliphatic carboxylic acids is 1. The summed E-state index contributed by atoms with van der Waals surface area (Å²) in [6, 6.07) is 7.61. The number of thiol groups is 1. The van der Waals surface area contributed by atoms with Crippen molar-refractivity contribution >= 4 is 30.8 Å². The molecule has 0 heterocycles. The van der Waals surface area contributed by atoms with Gasteiger partial charge in [-0.3, -0.25) is 0 Å². The van der Waals surface area contributed by atoms with E-state index in [1.165, 1.54) is 0 Å². The van der Waals surface area contributed by atoms with E-state index in [0.717, 1.165) is 17.2 Å². The van der Waals surface area contributed by atoms with E-state index in [1.807, 2.05) is 36.4 Å². The molecule has 0 unspecified atom stereocenters. The fourth-order valence-electron chi connectivity index (χ4n) is 1.07. The van der Waals surface area contributed by atoms with Gasteiger partial charge in [0.05, 0.1) is 0 Å². The normalized spacial score (nSPS) is 11.3. The lowest BCUT2D eigenvalue weighted by molar-refractivity contribution is -0.131. The predicted molar refractivity (Wildman–Crippen MR) is 66.0 cm³/mol. The Bertz CT molecular complexity index is 377. The number of carbonyl (C=O) groups is 1. The Labute approximate surface area is 94.4 Å². The lowest BCUT2D eigenvalue weighted by Gasteiger charge is -1.95. The summed E-state index contributed by atoms with van der Waals surface area (Å²) in [4.78, 5) is 10.3. The fraction of sp³-hybridized carbons (Fsp3) is 0.0833. The van der Waals surface area contributed by atoms with Crippen LogP contribution in [0.25, 0.3) is 12.2 Å². The molecule has 0 atom stereocenters. The van der Waals surface area contributed by atoms with Gasteiger partial charge in [0.25, 0.3) is 0 Å². The predicted octanol–water partition coefficient (Wildman–Crippen LogP) is 2.73. The molecule has 15 heavy (non-hydrogen) atoms. The lowest BCUT2D eigenvalue weighted by Crippen LogP contribution is -1.85. The average molecular weight is 220 g/mol. The van der Waals surface area contributed by atoms with E-state index in [-0.39, 0.29) is 0 Å². The fourth-order valence-corrected chi connectivity index (χ4v) is 1.18. The van der Waals surface area contributed by atoms with E-state index >= 15 is 0 Å². The molecule has 0 spiro atoms. The number of hydrogen-bond acceptors (Lipinski definition) is 2. The zero-order valence-electron chi connectivity index (χ0n) is 8.13. The first kappa shape index (κ1) is 11.6. The summed E-state index contributed by atoms with van der Waals surface area (Å²) in [7, 11) is 0. The van der Waals surface area contributed by atoms with E-state index in [1.54, 1.807) is 6.08 Å². The summed E-state index contributed by atoms with van der Waals surface area (Å²) in [5.74, 6) is -0.227. The van der Waals surface area contributed by atoms with Crippen molar-refractivity contribution in [2.75, 3.05) is 5.75 Å². The summed E-state index contributed by atoms with van der Waals surface area (Å²) in [6.45, 7) is 0. The number of carboxylic acid groups (broad SMARTS) is 1. The van der Waals surface area contributed by atoms with Gasteiger partial charge < -0.3 is 5.11 Å². The Morgan fingerprint density at radius 1 is 1.20 bits per heavy atom. The summed E-state index contributed by atoms with van der Waals surface area (Å²) >= 11 is 4.06. The van der Waals surface area contributed by atoms with Crippen molar-refractivity contribution in [3.63, 3.8) is 0 Å². The molecule has 1 N–H and O–H groups in total. The van der Waals surface area contributed by atoms with Crippen molar-refractivity contribution in [3.8, 4) is 0 Å². The smallest absolute Gasteiger partial charge is 0.328 e. The van der Waals surface area contributed by atoms with Crippen molar-refractivity contribution < 1.29 is 9.90 Å². The van der Waals surface area contributed by atoms with Crippen LogP contribution in [-0.2, 0) is 4.79 Å². The molecule has 1 aromatic rings. The molecule has 0 saturated heterocycles. The molecule has 1 rings (SSSR count). The topological polar surface area (TPSA) is 37.3 Å². The van der Waals surface area contributed by atoms with Crippen LogP contribution in [0.4, 0.5) is 0 Å². The highest BCUT2D eigenvalue weighted by Crippen LogP contribution is 2.07. The zero-order chi connectivity index (χ0) is 11.1. The largest absolute Gasteiger partial charge is 0.478 e. The number of rotatable bonds is 4. The molecule has 0 aliphatic heterocycles. The minimum atomic E-state index is -0.936. The van der Waals surface area contributed by atoms with E-state index in [4.69, 9.17) is 5.11 Å². The Balaban J connectivity index is 2.72. The quantitative estimate of drug-likeness (QED) is 0.604. The average Bonchev–Trinajstić information content (AvgIpc) is 2.25. The van der Waals surface area contributed by atoms with Crippen LogP contribution in [0.3, 0.4) is 0 Å². The van der Waals surface area contributed by atoms with E-state index < -0.39 is 5.97 Å². The maximum Gasteiger partial charge on any atom is 0.328 e. The van der Waals surface area contributed by atoms with Crippen LogP contribution in [-0.4, -0.2) is 16.8 Å². The van der Waals surface area contributed by atoms with Crippen LogP contribution in [0.15, 0.2) is 36.4 Å². The molecular weight excluding hydrogens is 208 g/mol. The Morgan fingerprint density at radius 2 is 1.73 bits per heavy atom. The number of hydrogen-bond donors (Lipinski definition) is 2. The van der Waals surface area contributed by atoms with Crippen molar-refractivity contribution in [1.82, 2.24) is 0 Å². The van der Waals surface area contributed by atoms with Crippen molar-refractivity contribution in [2.45, 2.75) is 0 Å². The van der Waals surface area contributed by atoms with Gasteiger partial charge in [0.15, 0.2) is 0 Å². The molecule has 0 bridgehead atoms. The van der Waals surface area contributed by atoms with E-state index in [2.05, 4.69) is 12.6 Å². The van der Waals surface area contributed by atoms with E-state index in [0.29, 0.717) is 5.75 Å². The van der Waals surface area contributed by atoms with Gasteiger partial charge in [-0.25, -0.2) is 4.79 Å². The monoisotopic (exact) mass is 220 g/mol. The minimum absolute atomic E-state index is 0.709. The number of carboxylic acids is 1. The van der Waals surface area contributed by atoms with Crippen molar-refractivity contribution in [2.24, 2.45) is 0 Å². The highest BCUT2D eigenvalue weighted by Gasteiger charge is 1.90. The summed E-state index contributed by atoms with van der Waals surface area (Å²) in [6.07, 6.45) is 6.61. The molecule has 78 valence electrons. The minimum Gasteiger partial charge on any atom is -0.478 e. The van der Waals surface area contributed by atoms with Crippen LogP contribution >= 0.6 is 12.6 Å². The molecule has 0 amide bonds. The first-order valence-corrected chi connectivity index (χ1v) is 5.14. The summed E-state index contributed by atoms with van der Waals surface area (Å²) in [5, 5.41) is 8.44. The molecule has 0 fully saturated rings. The summed E-state index contributed by atoms with van der Waals surface area (Å²) < 4.78 is 0. The molecule has 0 radical (unpaired) electrons. The second kappa shape index (κ2) is 6.09. The van der Waals surface area contributed by atoms with Crippen molar-refractivity contribution in [1.29, 1.82) is 0 Å². The highest BCUT2D eigenvalue weighted by molar-refractivity contribution is 7.80. The first-order chi connectivity index (χ1) is 7.22. The molecule has 2 nitrogen and oxygen atoms in total. The highest BCUT2D eigenvalue weighted by atomic mass is 32.1.